The number of aliphatic hydroxyl groups excluding tert-OH is 6. The average molecular weight is 405 g/mol. The second kappa shape index (κ2) is 22.7. The van der Waals surface area contributed by atoms with Crippen LogP contribution < -0.4 is 133 Å². The average Bonchev–Trinajstić information content (AvgIpc) is 2.35. The Morgan fingerprint density at radius 2 is 1.22 bits per heavy atom. The van der Waals surface area contributed by atoms with Crippen LogP contribution in [0.25, 0.3) is 0 Å². The van der Waals surface area contributed by atoms with Crippen molar-refractivity contribution in [3.8, 4) is 0 Å². The fraction of sp³-hybridized carbons (Fsp3) is 0.778. The molecule has 1 unspecified atom stereocenters. The number of aliphatic hydroxyl groups is 6. The molecular formula is C9H16ClKNa2O10. The number of carbonyl (C=O) groups excluding carboxylic acids is 2. The molecule has 0 saturated carbocycles. The first-order chi connectivity index (χ1) is 8.56. The largest absolute Gasteiger partial charge is 1.00 e. The molecule has 0 aliphatic heterocycles. The van der Waals surface area contributed by atoms with Gasteiger partial charge < -0.3 is 62.8 Å². The zero-order valence-electron chi connectivity index (χ0n) is 13.3. The Morgan fingerprint density at radius 3 is 1.39 bits per heavy atom. The fourth-order valence-electron chi connectivity index (χ4n) is 0.662. The van der Waals surface area contributed by atoms with Gasteiger partial charge in [0.05, 0.1) is 24.6 Å². The van der Waals surface area contributed by atoms with Crippen LogP contribution >= 0.6 is 0 Å². The fourth-order valence-corrected chi connectivity index (χ4v) is 0.662. The van der Waals surface area contributed by atoms with Gasteiger partial charge in [-0.1, -0.05) is 0 Å². The number of carboxylic acids is 2. The third kappa shape index (κ3) is 20.8. The number of hydrogen-bond acceptors (Lipinski definition) is 10. The van der Waals surface area contributed by atoms with Crippen molar-refractivity contribution in [2.24, 2.45) is 0 Å². The number of halogens is 1. The summed E-state index contributed by atoms with van der Waals surface area (Å²) in [5.41, 5.74) is 0. The van der Waals surface area contributed by atoms with Gasteiger partial charge >= 0.3 is 110 Å². The first-order valence-electron chi connectivity index (χ1n) is 4.99. The Balaban J connectivity index is -0.0000000635. The molecule has 0 rings (SSSR count). The summed E-state index contributed by atoms with van der Waals surface area (Å²) < 4.78 is 0. The molecule has 0 aliphatic carbocycles. The maximum absolute atomic E-state index is 9.98. The summed E-state index contributed by atoms with van der Waals surface area (Å²) in [4.78, 5) is 19.3. The van der Waals surface area contributed by atoms with E-state index in [-0.39, 0.29) is 123 Å². The van der Waals surface area contributed by atoms with Crippen molar-refractivity contribution in [2.45, 2.75) is 37.4 Å². The Kier molecular flexibility index (Phi) is 39.8. The molecule has 0 heterocycles. The molecule has 23 heavy (non-hydrogen) atoms. The van der Waals surface area contributed by atoms with E-state index < -0.39 is 49.1 Å². The van der Waals surface area contributed by atoms with E-state index in [0.29, 0.717) is 0 Å². The number of hydrogen-bond donors (Lipinski definition) is 6. The van der Waals surface area contributed by atoms with Crippen molar-refractivity contribution in [2.75, 3.05) is 6.61 Å². The molecule has 0 aromatic carbocycles. The van der Waals surface area contributed by atoms with Crippen LogP contribution in [0.1, 0.15) is 6.92 Å². The van der Waals surface area contributed by atoms with Gasteiger partial charge in [-0.2, -0.15) is 0 Å². The molecule has 0 fully saturated rings. The molecule has 0 spiro atoms. The summed E-state index contributed by atoms with van der Waals surface area (Å²) in [6, 6.07) is 0. The zero-order chi connectivity index (χ0) is 15.7. The van der Waals surface area contributed by atoms with Gasteiger partial charge in [0.1, 0.15) is 24.4 Å². The smallest absolute Gasteiger partial charge is 1.00 e. The van der Waals surface area contributed by atoms with E-state index in [9.17, 15) is 19.8 Å². The van der Waals surface area contributed by atoms with E-state index in [2.05, 4.69) is 0 Å². The third-order valence-electron chi connectivity index (χ3n) is 1.84. The topological polar surface area (TPSA) is 202 Å². The maximum atomic E-state index is 9.98. The summed E-state index contributed by atoms with van der Waals surface area (Å²) in [6.07, 6.45) is -9.42. The minimum atomic E-state index is -2.31. The summed E-state index contributed by atoms with van der Waals surface area (Å²) in [7, 11) is 0. The van der Waals surface area contributed by atoms with Gasteiger partial charge in [0.2, 0.25) is 0 Å². The second-order valence-electron chi connectivity index (χ2n) is 3.49. The number of rotatable bonds is 6. The van der Waals surface area contributed by atoms with Gasteiger partial charge in [-0.3, -0.25) is 0 Å². The van der Waals surface area contributed by atoms with Crippen molar-refractivity contribution in [3.05, 3.63) is 0 Å². The summed E-state index contributed by atoms with van der Waals surface area (Å²) in [6.45, 7) is 0.271. The molecule has 0 bridgehead atoms. The van der Waals surface area contributed by atoms with Gasteiger partial charge in [-0.05, 0) is 6.92 Å². The zero-order valence-corrected chi connectivity index (χ0v) is 21.2. The Labute approximate surface area is 225 Å². The van der Waals surface area contributed by atoms with Crippen molar-refractivity contribution < 1.29 is 173 Å². The van der Waals surface area contributed by atoms with Crippen LogP contribution in [0.4, 0.5) is 0 Å². The Morgan fingerprint density at radius 1 is 0.913 bits per heavy atom. The van der Waals surface area contributed by atoms with Crippen LogP contribution in [0.15, 0.2) is 0 Å². The quantitative estimate of drug-likeness (QED) is 0.231. The predicted octanol–water partition coefficient (Wildman–Crippen LogP) is -18.7. The Bertz CT molecular complexity index is 300. The predicted molar refractivity (Wildman–Crippen MR) is 52.8 cm³/mol. The Hall–Kier alpha value is 2.63. The van der Waals surface area contributed by atoms with Crippen molar-refractivity contribution in [3.63, 3.8) is 0 Å². The molecule has 6 N–H and O–H groups in total. The van der Waals surface area contributed by atoms with Crippen LogP contribution in [0.2, 0.25) is 0 Å². The molecule has 5 atom stereocenters. The van der Waals surface area contributed by atoms with E-state index >= 15 is 0 Å². The van der Waals surface area contributed by atoms with E-state index in [1.807, 2.05) is 0 Å². The standard InChI is InChI=1S/C6H12O7.C3H6O3.ClH.K.2Na/c7-1-2(8)3(9)4(10)5(11)6(12)13;1-2(4)3(5)6;;;;/h2-5,7-11H,1H2,(H,12,13);2,4H,1H3,(H,5,6);1H;;;/q;;;3*+1/p-3/t2-,3-,4+,5-;;;;;/m1...../s1. The molecule has 0 saturated heterocycles. The number of carbonyl (C=O) groups is 2. The van der Waals surface area contributed by atoms with E-state index in [0.717, 1.165) is 6.92 Å². The van der Waals surface area contributed by atoms with E-state index in [4.69, 9.17) is 30.6 Å². The number of aliphatic carboxylic acids is 2. The molecular weight excluding hydrogens is 389 g/mol. The molecule has 10 nitrogen and oxygen atoms in total. The summed E-state index contributed by atoms with van der Waals surface area (Å²) >= 11 is 0. The third-order valence-corrected chi connectivity index (χ3v) is 1.84. The van der Waals surface area contributed by atoms with Crippen LogP contribution in [0, 0.1) is 0 Å². The molecule has 122 valence electrons. The molecule has 0 aromatic heterocycles. The van der Waals surface area contributed by atoms with Gasteiger partial charge in [0, 0.05) is 0 Å². The second-order valence-corrected chi connectivity index (χ2v) is 3.49. The van der Waals surface area contributed by atoms with Gasteiger partial charge in [-0.15, -0.1) is 0 Å². The van der Waals surface area contributed by atoms with Crippen LogP contribution in [-0.4, -0.2) is 79.7 Å². The van der Waals surface area contributed by atoms with Gasteiger partial charge in [0.15, 0.2) is 0 Å². The summed E-state index contributed by atoms with van der Waals surface area (Å²) in [5, 5.41) is 70.7. The van der Waals surface area contributed by atoms with Gasteiger partial charge in [-0.25, -0.2) is 0 Å². The minimum Gasteiger partial charge on any atom is -1.00 e. The molecule has 0 amide bonds. The maximum Gasteiger partial charge on any atom is 1.00 e. The van der Waals surface area contributed by atoms with E-state index in [1.165, 1.54) is 0 Å². The minimum absolute atomic E-state index is 0. The van der Waals surface area contributed by atoms with Crippen LogP contribution in [-0.2, 0) is 9.59 Å². The van der Waals surface area contributed by atoms with E-state index in [1.54, 1.807) is 0 Å². The first-order valence-corrected chi connectivity index (χ1v) is 4.99. The number of carboxylic acid groups (broad SMARTS) is 2. The summed E-state index contributed by atoms with van der Waals surface area (Å²) in [5.74, 6) is -3.41. The van der Waals surface area contributed by atoms with Crippen molar-refractivity contribution >= 4 is 11.9 Å². The molecule has 0 aliphatic rings. The molecule has 14 heteroatoms. The SMILES string of the molecule is CC(O)C(=O)[O-].O=C([O-])[C@H](O)[C@@H](O)[C@H](O)[C@H](O)CO.[Cl-].[K+].[Na+].[Na+]. The van der Waals surface area contributed by atoms with Gasteiger partial charge in [0.25, 0.3) is 0 Å². The van der Waals surface area contributed by atoms with Crippen LogP contribution in [0.3, 0.4) is 0 Å². The van der Waals surface area contributed by atoms with Crippen LogP contribution in [0.5, 0.6) is 0 Å². The molecule has 0 radical (unpaired) electrons. The monoisotopic (exact) mass is 404 g/mol. The van der Waals surface area contributed by atoms with Crippen molar-refractivity contribution in [1.82, 2.24) is 0 Å². The van der Waals surface area contributed by atoms with Crippen molar-refractivity contribution in [1.29, 1.82) is 0 Å². The first kappa shape index (κ1) is 40.3. The molecule has 0 aromatic rings. The normalized spacial score (nSPS) is 15.1.